The van der Waals surface area contributed by atoms with Gasteiger partial charge >= 0.3 is 0 Å². The van der Waals surface area contributed by atoms with E-state index < -0.39 is 0 Å². The van der Waals surface area contributed by atoms with Crippen LogP contribution in [0.3, 0.4) is 0 Å². The molecule has 0 radical (unpaired) electrons. The summed E-state index contributed by atoms with van der Waals surface area (Å²) in [6.07, 6.45) is 1.78. The molecule has 0 unspecified atom stereocenters. The number of hydrogen-bond donors (Lipinski definition) is 2. The highest BCUT2D eigenvalue weighted by molar-refractivity contribution is 6.15. The molecule has 2 aromatic carbocycles. The number of fused-ring (bicyclic) bond motifs is 4. The summed E-state index contributed by atoms with van der Waals surface area (Å²) in [5.41, 5.74) is 5.05. The number of rotatable bonds is 3. The van der Waals surface area contributed by atoms with Gasteiger partial charge in [0, 0.05) is 53.7 Å². The molecule has 0 spiro atoms. The molecule has 8 nitrogen and oxygen atoms in total. The highest BCUT2D eigenvalue weighted by Gasteiger charge is 2.26. The largest absolute Gasteiger partial charge is 0.496 e. The molecule has 5 aromatic rings. The van der Waals surface area contributed by atoms with Gasteiger partial charge in [0.1, 0.15) is 11.4 Å². The van der Waals surface area contributed by atoms with Crippen LogP contribution in [0.2, 0.25) is 0 Å². The summed E-state index contributed by atoms with van der Waals surface area (Å²) < 4.78 is 5.61. The number of para-hydroxylation sites is 1. The SMILES string of the molecule is COc1cc2c(cc1C)[nH]c1nc(C(=O)N3CCN[C@@H](C)C3)nc(-c3ccnc4ccccc34)c12. The van der Waals surface area contributed by atoms with Gasteiger partial charge in [-0.2, -0.15) is 0 Å². The average Bonchev–Trinajstić information content (AvgIpc) is 3.23. The van der Waals surface area contributed by atoms with Gasteiger partial charge in [0.05, 0.1) is 23.7 Å². The van der Waals surface area contributed by atoms with Crippen LogP contribution in [-0.2, 0) is 0 Å². The number of methoxy groups -OCH3 is 1. The summed E-state index contributed by atoms with van der Waals surface area (Å²) in [5.74, 6) is 0.823. The van der Waals surface area contributed by atoms with Crippen molar-refractivity contribution >= 4 is 38.7 Å². The minimum Gasteiger partial charge on any atom is -0.496 e. The first-order chi connectivity index (χ1) is 17.0. The fraction of sp³-hybridized carbons (Fsp3) is 0.259. The van der Waals surface area contributed by atoms with Crippen molar-refractivity contribution in [3.05, 3.63) is 60.0 Å². The fourth-order valence-electron chi connectivity index (χ4n) is 5.00. The zero-order chi connectivity index (χ0) is 24.1. The predicted molar refractivity (Wildman–Crippen MR) is 137 cm³/mol. The van der Waals surface area contributed by atoms with Gasteiger partial charge in [-0.1, -0.05) is 18.2 Å². The van der Waals surface area contributed by atoms with Gasteiger partial charge < -0.3 is 19.9 Å². The second kappa shape index (κ2) is 8.32. The topological polar surface area (TPSA) is 96.0 Å². The Labute approximate surface area is 202 Å². The van der Waals surface area contributed by atoms with Crippen molar-refractivity contribution < 1.29 is 9.53 Å². The molecule has 6 rings (SSSR count). The number of aromatic nitrogens is 4. The van der Waals surface area contributed by atoms with Crippen molar-refractivity contribution in [1.29, 1.82) is 0 Å². The van der Waals surface area contributed by atoms with E-state index in [1.165, 1.54) is 0 Å². The molecule has 0 aliphatic carbocycles. The van der Waals surface area contributed by atoms with Crippen LogP contribution < -0.4 is 10.1 Å². The summed E-state index contributed by atoms with van der Waals surface area (Å²) in [6, 6.07) is 14.2. The van der Waals surface area contributed by atoms with Gasteiger partial charge in [0.2, 0.25) is 5.82 Å². The maximum Gasteiger partial charge on any atom is 0.291 e. The standard InChI is InChI=1S/C27H26N6O2/c1-15-12-21-19(13-22(15)35-3)23-24(18-8-9-29-20-7-5-4-6-17(18)20)31-26(32-25(23)30-21)27(34)33-11-10-28-16(2)14-33/h4-9,12-13,16,28H,10-11,14H2,1-3H3,(H,30,31,32)/t16-/m0/s1. The molecule has 1 aliphatic rings. The molecule has 2 N–H and O–H groups in total. The van der Waals surface area contributed by atoms with Crippen LogP contribution in [0.1, 0.15) is 23.1 Å². The number of carbonyl (C=O) groups excluding carboxylic acids is 1. The Morgan fingerprint density at radius 3 is 2.83 bits per heavy atom. The van der Waals surface area contributed by atoms with E-state index in [9.17, 15) is 4.79 Å². The summed E-state index contributed by atoms with van der Waals surface area (Å²) in [5, 5.41) is 6.16. The number of aromatic amines is 1. The Bertz CT molecular complexity index is 1600. The van der Waals surface area contributed by atoms with Gasteiger partial charge in [0.15, 0.2) is 0 Å². The van der Waals surface area contributed by atoms with E-state index in [1.54, 1.807) is 13.3 Å². The molecular formula is C27H26N6O2. The lowest BCUT2D eigenvalue weighted by atomic mass is 10.0. The van der Waals surface area contributed by atoms with Gasteiger partial charge in [-0.15, -0.1) is 0 Å². The Balaban J connectivity index is 1.65. The maximum absolute atomic E-state index is 13.5. The minimum atomic E-state index is -0.160. The Morgan fingerprint density at radius 2 is 2.00 bits per heavy atom. The molecular weight excluding hydrogens is 440 g/mol. The van der Waals surface area contributed by atoms with Crippen molar-refractivity contribution in [2.45, 2.75) is 19.9 Å². The lowest BCUT2D eigenvalue weighted by molar-refractivity contribution is 0.0697. The predicted octanol–water partition coefficient (Wildman–Crippen LogP) is 4.08. The van der Waals surface area contributed by atoms with Gasteiger partial charge in [-0.25, -0.2) is 9.97 Å². The number of aryl methyl sites for hydroxylation is 1. The Kier molecular flexibility index (Phi) is 5.11. The van der Waals surface area contributed by atoms with E-state index in [0.29, 0.717) is 24.4 Å². The molecule has 176 valence electrons. The van der Waals surface area contributed by atoms with E-state index in [2.05, 4.69) is 22.2 Å². The summed E-state index contributed by atoms with van der Waals surface area (Å²) in [4.78, 5) is 33.0. The Morgan fingerprint density at radius 1 is 1.14 bits per heavy atom. The van der Waals surface area contributed by atoms with E-state index >= 15 is 0 Å². The van der Waals surface area contributed by atoms with Crippen LogP contribution in [0, 0.1) is 6.92 Å². The number of amides is 1. The van der Waals surface area contributed by atoms with Crippen molar-refractivity contribution in [2.24, 2.45) is 0 Å². The van der Waals surface area contributed by atoms with Crippen molar-refractivity contribution in [2.75, 3.05) is 26.7 Å². The zero-order valence-corrected chi connectivity index (χ0v) is 19.9. The smallest absolute Gasteiger partial charge is 0.291 e. The maximum atomic E-state index is 13.5. The molecule has 0 saturated carbocycles. The average molecular weight is 467 g/mol. The second-order valence-corrected chi connectivity index (χ2v) is 9.09. The third-order valence-electron chi connectivity index (χ3n) is 6.72. The molecule has 4 heterocycles. The van der Waals surface area contributed by atoms with Gasteiger partial charge in [-0.05, 0) is 43.7 Å². The highest BCUT2D eigenvalue weighted by Crippen LogP contribution is 2.38. The first kappa shape index (κ1) is 21.5. The molecule has 0 bridgehead atoms. The number of hydrogen-bond acceptors (Lipinski definition) is 6. The summed E-state index contributed by atoms with van der Waals surface area (Å²) >= 11 is 0. The molecule has 1 fully saturated rings. The summed E-state index contributed by atoms with van der Waals surface area (Å²) in [6.45, 7) is 6.08. The van der Waals surface area contributed by atoms with Crippen LogP contribution in [-0.4, -0.2) is 63.5 Å². The molecule has 8 heteroatoms. The van der Waals surface area contributed by atoms with Gasteiger partial charge in [0.25, 0.3) is 5.91 Å². The lowest BCUT2D eigenvalue weighted by Gasteiger charge is -2.31. The quantitative estimate of drug-likeness (QED) is 0.416. The number of pyridine rings is 1. The number of benzene rings is 2. The fourth-order valence-corrected chi connectivity index (χ4v) is 5.00. The van der Waals surface area contributed by atoms with E-state index in [0.717, 1.165) is 50.6 Å². The molecule has 1 aliphatic heterocycles. The van der Waals surface area contributed by atoms with Crippen LogP contribution in [0.25, 0.3) is 44.1 Å². The number of piperazine rings is 1. The monoisotopic (exact) mass is 466 g/mol. The third kappa shape index (κ3) is 3.57. The van der Waals surface area contributed by atoms with Crippen molar-refractivity contribution in [3.8, 4) is 17.0 Å². The van der Waals surface area contributed by atoms with Crippen molar-refractivity contribution in [3.63, 3.8) is 0 Å². The first-order valence-electron chi connectivity index (χ1n) is 11.8. The highest BCUT2D eigenvalue weighted by atomic mass is 16.5. The molecule has 1 amide bonds. The van der Waals surface area contributed by atoms with E-state index in [1.807, 2.05) is 54.3 Å². The van der Waals surface area contributed by atoms with Crippen LogP contribution in [0.5, 0.6) is 5.75 Å². The minimum absolute atomic E-state index is 0.160. The van der Waals surface area contributed by atoms with Crippen LogP contribution in [0.4, 0.5) is 0 Å². The second-order valence-electron chi connectivity index (χ2n) is 9.09. The van der Waals surface area contributed by atoms with Crippen LogP contribution >= 0.6 is 0 Å². The molecule has 35 heavy (non-hydrogen) atoms. The van der Waals surface area contributed by atoms with E-state index in [4.69, 9.17) is 14.7 Å². The molecule has 1 saturated heterocycles. The molecule has 3 aromatic heterocycles. The number of H-pyrrole nitrogens is 1. The Hall–Kier alpha value is -4.04. The summed E-state index contributed by atoms with van der Waals surface area (Å²) in [7, 11) is 1.67. The van der Waals surface area contributed by atoms with E-state index in [-0.39, 0.29) is 17.8 Å². The normalized spacial score (nSPS) is 16.3. The van der Waals surface area contributed by atoms with Crippen LogP contribution in [0.15, 0.2) is 48.7 Å². The van der Waals surface area contributed by atoms with Crippen molar-refractivity contribution in [1.82, 2.24) is 30.2 Å². The number of nitrogens with zero attached hydrogens (tertiary/aromatic N) is 4. The number of carbonyl (C=O) groups is 1. The van der Waals surface area contributed by atoms with Gasteiger partial charge in [-0.3, -0.25) is 9.78 Å². The lowest BCUT2D eigenvalue weighted by Crippen LogP contribution is -2.51. The molecule has 1 atom stereocenters. The third-order valence-corrected chi connectivity index (χ3v) is 6.72. The number of ether oxygens (including phenoxy) is 1. The zero-order valence-electron chi connectivity index (χ0n) is 19.9. The number of nitrogens with one attached hydrogen (secondary N) is 2. The first-order valence-corrected chi connectivity index (χ1v) is 11.8.